The van der Waals surface area contributed by atoms with Gasteiger partial charge in [0.05, 0.1) is 0 Å². The van der Waals surface area contributed by atoms with Gasteiger partial charge in [-0.25, -0.2) is 4.98 Å². The second kappa shape index (κ2) is 5.06. The molecule has 6 heteroatoms. The number of carbonyl (C=O) groups is 1. The van der Waals surface area contributed by atoms with E-state index in [4.69, 9.17) is 0 Å². The monoisotopic (exact) mass is 251 g/mol. The van der Waals surface area contributed by atoms with Crippen molar-refractivity contribution < 1.29 is 4.79 Å². The Bertz CT molecular complexity index is 416. The Hall–Kier alpha value is -1.43. The van der Waals surface area contributed by atoms with Gasteiger partial charge in [-0.3, -0.25) is 9.89 Å². The molecule has 3 N–H and O–H groups in total. The number of aromatic nitrogens is 3. The molecule has 0 radical (unpaired) electrons. The third-order valence-corrected chi connectivity index (χ3v) is 2.82. The van der Waals surface area contributed by atoms with Crippen molar-refractivity contribution in [2.45, 2.75) is 45.1 Å². The lowest BCUT2D eigenvalue weighted by Crippen LogP contribution is -2.33. The Balaban J connectivity index is 1.78. The lowest BCUT2D eigenvalue weighted by atomic mass is 9.96. The molecule has 1 aliphatic rings. The summed E-state index contributed by atoms with van der Waals surface area (Å²) in [6.07, 6.45) is 2.51. The van der Waals surface area contributed by atoms with Crippen molar-refractivity contribution >= 4 is 5.91 Å². The van der Waals surface area contributed by atoms with Crippen molar-refractivity contribution in [1.29, 1.82) is 0 Å². The Morgan fingerprint density at radius 2 is 2.11 bits per heavy atom. The van der Waals surface area contributed by atoms with Crippen molar-refractivity contribution in [2.75, 3.05) is 13.1 Å². The van der Waals surface area contributed by atoms with Crippen LogP contribution in [0.2, 0.25) is 0 Å². The molecule has 100 valence electrons. The van der Waals surface area contributed by atoms with Crippen LogP contribution in [0.25, 0.3) is 0 Å². The minimum atomic E-state index is -0.223. The number of nitrogens with one attached hydrogen (secondary N) is 3. The quantitative estimate of drug-likeness (QED) is 0.669. The van der Waals surface area contributed by atoms with E-state index >= 15 is 0 Å². The molecule has 0 aromatic carbocycles. The smallest absolute Gasteiger partial charge is 0.291 e. The third kappa shape index (κ3) is 3.53. The van der Waals surface area contributed by atoms with Gasteiger partial charge < -0.3 is 10.6 Å². The van der Waals surface area contributed by atoms with E-state index in [2.05, 4.69) is 25.8 Å². The minimum Gasteiger partial charge on any atom is -0.348 e. The number of rotatable bonds is 5. The molecule has 1 aromatic rings. The van der Waals surface area contributed by atoms with Gasteiger partial charge in [0.15, 0.2) is 0 Å². The van der Waals surface area contributed by atoms with E-state index in [0.29, 0.717) is 12.6 Å². The summed E-state index contributed by atoms with van der Waals surface area (Å²) in [5.41, 5.74) is -0.126. The Morgan fingerprint density at radius 1 is 1.39 bits per heavy atom. The predicted octanol–water partition coefficient (Wildman–Crippen LogP) is 0.584. The van der Waals surface area contributed by atoms with Crippen molar-refractivity contribution in [3.05, 3.63) is 11.6 Å². The summed E-state index contributed by atoms with van der Waals surface area (Å²) >= 11 is 0. The summed E-state index contributed by atoms with van der Waals surface area (Å²) in [4.78, 5) is 16.0. The van der Waals surface area contributed by atoms with Crippen LogP contribution < -0.4 is 10.6 Å². The maximum atomic E-state index is 11.8. The Labute approximate surface area is 107 Å². The molecule has 0 unspecified atom stereocenters. The lowest BCUT2D eigenvalue weighted by Gasteiger charge is -2.12. The van der Waals surface area contributed by atoms with Crippen LogP contribution in [0.15, 0.2) is 0 Å². The third-order valence-electron chi connectivity index (χ3n) is 2.82. The van der Waals surface area contributed by atoms with Gasteiger partial charge in [0, 0.05) is 24.5 Å². The summed E-state index contributed by atoms with van der Waals surface area (Å²) in [6, 6.07) is 0.665. The SMILES string of the molecule is CC(C)(C)c1nc(C(=O)NCCNC2CC2)n[nH]1. The van der Waals surface area contributed by atoms with Crippen molar-refractivity contribution in [2.24, 2.45) is 0 Å². The topological polar surface area (TPSA) is 82.7 Å². The Kier molecular flexibility index (Phi) is 3.65. The average molecular weight is 251 g/mol. The zero-order valence-electron chi connectivity index (χ0n) is 11.2. The van der Waals surface area contributed by atoms with E-state index in [9.17, 15) is 4.79 Å². The molecule has 1 heterocycles. The van der Waals surface area contributed by atoms with Crippen LogP contribution in [0.4, 0.5) is 0 Å². The van der Waals surface area contributed by atoms with Crippen LogP contribution in [-0.4, -0.2) is 40.2 Å². The molecular formula is C12H21N5O. The van der Waals surface area contributed by atoms with E-state index in [-0.39, 0.29) is 17.1 Å². The van der Waals surface area contributed by atoms with Gasteiger partial charge >= 0.3 is 0 Å². The van der Waals surface area contributed by atoms with Crippen LogP contribution >= 0.6 is 0 Å². The van der Waals surface area contributed by atoms with Gasteiger partial charge in [0.1, 0.15) is 5.82 Å². The molecule has 6 nitrogen and oxygen atoms in total. The molecule has 0 saturated heterocycles. The maximum Gasteiger partial charge on any atom is 0.291 e. The molecule has 1 aromatic heterocycles. The van der Waals surface area contributed by atoms with Crippen molar-refractivity contribution in [3.8, 4) is 0 Å². The second-order valence-corrected chi connectivity index (χ2v) is 5.74. The summed E-state index contributed by atoms with van der Waals surface area (Å²) in [7, 11) is 0. The van der Waals surface area contributed by atoms with Gasteiger partial charge in [-0.05, 0) is 12.8 Å². The van der Waals surface area contributed by atoms with Crippen LogP contribution in [-0.2, 0) is 5.41 Å². The van der Waals surface area contributed by atoms with Gasteiger partial charge in [-0.15, -0.1) is 5.10 Å². The van der Waals surface area contributed by atoms with Gasteiger partial charge in [0.25, 0.3) is 5.91 Å². The highest BCUT2D eigenvalue weighted by atomic mass is 16.2. The minimum absolute atomic E-state index is 0.126. The highest BCUT2D eigenvalue weighted by molar-refractivity contribution is 5.90. The zero-order chi connectivity index (χ0) is 13.2. The maximum absolute atomic E-state index is 11.8. The first-order chi connectivity index (χ1) is 8.47. The van der Waals surface area contributed by atoms with Gasteiger partial charge in [-0.2, -0.15) is 0 Å². The van der Waals surface area contributed by atoms with Crippen molar-refractivity contribution in [1.82, 2.24) is 25.8 Å². The van der Waals surface area contributed by atoms with Gasteiger partial charge in [-0.1, -0.05) is 20.8 Å². The Morgan fingerprint density at radius 3 is 2.67 bits per heavy atom. The first-order valence-corrected chi connectivity index (χ1v) is 6.41. The molecule has 0 aliphatic heterocycles. The second-order valence-electron chi connectivity index (χ2n) is 5.74. The summed E-state index contributed by atoms with van der Waals surface area (Å²) in [5, 5.41) is 12.9. The van der Waals surface area contributed by atoms with E-state index in [1.54, 1.807) is 0 Å². The average Bonchev–Trinajstić information content (AvgIpc) is 2.95. The molecule has 1 aliphatic carbocycles. The molecule has 0 bridgehead atoms. The number of amides is 1. The predicted molar refractivity (Wildman–Crippen MR) is 68.4 cm³/mol. The molecule has 2 rings (SSSR count). The fraction of sp³-hybridized carbons (Fsp3) is 0.750. The molecule has 1 saturated carbocycles. The first-order valence-electron chi connectivity index (χ1n) is 6.41. The number of H-pyrrole nitrogens is 1. The number of carbonyl (C=O) groups excluding carboxylic acids is 1. The number of nitrogens with zero attached hydrogens (tertiary/aromatic N) is 2. The highest BCUT2D eigenvalue weighted by Crippen LogP contribution is 2.18. The van der Waals surface area contributed by atoms with Crippen LogP contribution in [0.1, 0.15) is 50.1 Å². The lowest BCUT2D eigenvalue weighted by molar-refractivity contribution is 0.0944. The van der Waals surface area contributed by atoms with E-state index in [1.165, 1.54) is 12.8 Å². The summed E-state index contributed by atoms with van der Waals surface area (Å²) in [6.45, 7) is 7.47. The van der Waals surface area contributed by atoms with Crippen LogP contribution in [0, 0.1) is 0 Å². The largest absolute Gasteiger partial charge is 0.348 e. The molecule has 0 spiro atoms. The van der Waals surface area contributed by atoms with E-state index in [0.717, 1.165) is 12.4 Å². The number of hydrogen-bond donors (Lipinski definition) is 3. The fourth-order valence-electron chi connectivity index (χ4n) is 1.52. The standard InChI is InChI=1S/C12H21N5O/c1-12(2,3)11-15-9(16-17-11)10(18)14-7-6-13-8-4-5-8/h8,13H,4-7H2,1-3H3,(H,14,18)(H,15,16,17). The van der Waals surface area contributed by atoms with Gasteiger partial charge in [0.2, 0.25) is 5.82 Å². The molecule has 0 atom stereocenters. The fourth-order valence-corrected chi connectivity index (χ4v) is 1.52. The number of hydrogen-bond acceptors (Lipinski definition) is 4. The highest BCUT2D eigenvalue weighted by Gasteiger charge is 2.22. The van der Waals surface area contributed by atoms with E-state index < -0.39 is 0 Å². The molecular weight excluding hydrogens is 230 g/mol. The zero-order valence-corrected chi connectivity index (χ0v) is 11.2. The molecule has 18 heavy (non-hydrogen) atoms. The summed E-state index contributed by atoms with van der Waals surface area (Å²) in [5.74, 6) is 0.717. The number of aromatic amines is 1. The van der Waals surface area contributed by atoms with Crippen LogP contribution in [0.3, 0.4) is 0 Å². The first kappa shape index (κ1) is 13.0. The normalized spacial score (nSPS) is 15.7. The molecule has 1 fully saturated rings. The van der Waals surface area contributed by atoms with E-state index in [1.807, 2.05) is 20.8 Å². The molecule has 1 amide bonds. The van der Waals surface area contributed by atoms with Crippen LogP contribution in [0.5, 0.6) is 0 Å². The van der Waals surface area contributed by atoms with Crippen molar-refractivity contribution in [3.63, 3.8) is 0 Å². The summed E-state index contributed by atoms with van der Waals surface area (Å²) < 4.78 is 0.